The molecule has 1 saturated carbocycles. The Morgan fingerprint density at radius 1 is 1.23 bits per heavy atom. The number of primary amides is 1. The number of aliphatic hydroxyl groups is 3. The first-order valence-corrected chi connectivity index (χ1v) is 11.5. The fraction of sp³-hybridized carbons (Fsp3) is 0.480. The predicted octanol–water partition coefficient (Wildman–Crippen LogP) is 1.42. The second kappa shape index (κ2) is 8.69. The quantitative estimate of drug-likeness (QED) is 0.295. The zero-order valence-electron chi connectivity index (χ0n) is 19.9. The standard InChI is InChI=1S/C25H30N2O8/c1-4-5-35-10-12-8-15(27(2)3)14-7-11-6-13-9-16(28)19(24(26)33)23(32)25(13,34)22(31)17(11)21(30)18(14)20(12)29/h8,11,13,29-30,32,34H,4-7,9-10H2,1-3H3,(H2,26,33)/t11-,13+,25+/m1/s1. The number of hydrogen-bond acceptors (Lipinski definition) is 9. The highest BCUT2D eigenvalue weighted by atomic mass is 16.5. The first-order valence-electron chi connectivity index (χ1n) is 11.5. The van der Waals surface area contributed by atoms with E-state index >= 15 is 0 Å². The number of carbonyl (C=O) groups is 3. The number of amides is 1. The molecule has 3 aliphatic rings. The molecule has 0 spiro atoms. The van der Waals surface area contributed by atoms with Crippen LogP contribution < -0.4 is 10.6 Å². The van der Waals surface area contributed by atoms with Gasteiger partial charge in [0.2, 0.25) is 5.78 Å². The Morgan fingerprint density at radius 2 is 1.91 bits per heavy atom. The summed E-state index contributed by atoms with van der Waals surface area (Å²) in [6.45, 7) is 2.52. The van der Waals surface area contributed by atoms with Crippen molar-refractivity contribution < 1.29 is 39.5 Å². The lowest BCUT2D eigenvalue weighted by molar-refractivity contribution is -0.147. The van der Waals surface area contributed by atoms with Crippen LogP contribution in [0.4, 0.5) is 5.69 Å². The van der Waals surface area contributed by atoms with Gasteiger partial charge in [-0.2, -0.15) is 0 Å². The molecule has 35 heavy (non-hydrogen) atoms. The summed E-state index contributed by atoms with van der Waals surface area (Å²) in [4.78, 5) is 39.6. The van der Waals surface area contributed by atoms with Crippen LogP contribution >= 0.6 is 0 Å². The summed E-state index contributed by atoms with van der Waals surface area (Å²) in [6, 6.07) is 1.78. The molecule has 188 valence electrons. The van der Waals surface area contributed by atoms with Gasteiger partial charge in [-0.3, -0.25) is 14.4 Å². The van der Waals surface area contributed by atoms with E-state index in [1.807, 2.05) is 25.9 Å². The van der Waals surface area contributed by atoms with Gasteiger partial charge in [0.25, 0.3) is 5.91 Å². The van der Waals surface area contributed by atoms with E-state index in [-0.39, 0.29) is 42.8 Å². The minimum absolute atomic E-state index is 0.0680. The number of aliphatic hydroxyl groups excluding tert-OH is 2. The maximum atomic E-state index is 13.6. The monoisotopic (exact) mass is 486 g/mol. The zero-order chi connectivity index (χ0) is 25.8. The normalized spacial score (nSPS) is 25.8. The van der Waals surface area contributed by atoms with Crippen LogP contribution in [0, 0.1) is 11.8 Å². The molecule has 0 aromatic heterocycles. The number of ether oxygens (including phenoxy) is 1. The third-order valence-corrected chi connectivity index (χ3v) is 7.21. The molecule has 3 aliphatic carbocycles. The van der Waals surface area contributed by atoms with Gasteiger partial charge >= 0.3 is 0 Å². The number of nitrogens with two attached hydrogens (primary N) is 1. The molecule has 0 heterocycles. The van der Waals surface area contributed by atoms with Crippen LogP contribution in [0.1, 0.15) is 42.9 Å². The first-order chi connectivity index (χ1) is 16.4. The lowest BCUT2D eigenvalue weighted by atomic mass is 9.59. The Hall–Kier alpha value is -3.37. The molecule has 6 N–H and O–H groups in total. The smallest absolute Gasteiger partial charge is 0.255 e. The number of aromatic hydroxyl groups is 1. The number of hydrogen-bond donors (Lipinski definition) is 5. The number of nitrogens with zero attached hydrogens (tertiary/aromatic N) is 1. The average molecular weight is 487 g/mol. The number of phenolic OH excluding ortho intramolecular Hbond substituents is 1. The maximum Gasteiger partial charge on any atom is 0.255 e. The van der Waals surface area contributed by atoms with Gasteiger partial charge in [0.15, 0.2) is 11.4 Å². The Labute approximate surface area is 202 Å². The SMILES string of the molecule is CCCOCc1cc(N(C)C)c2c(c1O)C(O)=C1C(=O)[C@]3(O)C(O)=C(C(N)=O)C(=O)C[C@@H]3C[C@@H]1C2. The van der Waals surface area contributed by atoms with Gasteiger partial charge in [0.05, 0.1) is 12.2 Å². The first kappa shape index (κ1) is 24.7. The molecule has 1 aromatic rings. The van der Waals surface area contributed by atoms with Gasteiger partial charge in [0.1, 0.15) is 22.8 Å². The van der Waals surface area contributed by atoms with E-state index in [2.05, 4.69) is 0 Å². The highest BCUT2D eigenvalue weighted by Crippen LogP contribution is 2.53. The number of fused-ring (bicyclic) bond motifs is 3. The fourth-order valence-electron chi connectivity index (χ4n) is 5.56. The largest absolute Gasteiger partial charge is 0.508 e. The highest BCUT2D eigenvalue weighted by molar-refractivity contribution is 6.22. The minimum atomic E-state index is -2.57. The van der Waals surface area contributed by atoms with E-state index in [4.69, 9.17) is 10.5 Å². The van der Waals surface area contributed by atoms with Crippen LogP contribution in [0.2, 0.25) is 0 Å². The van der Waals surface area contributed by atoms with Crippen molar-refractivity contribution in [3.8, 4) is 5.75 Å². The van der Waals surface area contributed by atoms with Crippen LogP contribution in [0.25, 0.3) is 5.76 Å². The van der Waals surface area contributed by atoms with Crippen molar-refractivity contribution in [1.82, 2.24) is 0 Å². The predicted molar refractivity (Wildman–Crippen MR) is 126 cm³/mol. The third-order valence-electron chi connectivity index (χ3n) is 7.21. The summed E-state index contributed by atoms with van der Waals surface area (Å²) >= 11 is 0. The van der Waals surface area contributed by atoms with Gasteiger partial charge in [0, 0.05) is 49.9 Å². The summed E-state index contributed by atoms with van der Waals surface area (Å²) in [5, 5.41) is 44.3. The number of anilines is 1. The van der Waals surface area contributed by atoms with Crippen molar-refractivity contribution in [3.63, 3.8) is 0 Å². The molecule has 10 nitrogen and oxygen atoms in total. The van der Waals surface area contributed by atoms with Crippen molar-refractivity contribution in [2.75, 3.05) is 25.6 Å². The molecule has 0 radical (unpaired) electrons. The molecule has 0 bridgehead atoms. The summed E-state index contributed by atoms with van der Waals surface area (Å²) in [7, 11) is 3.64. The molecule has 0 saturated heterocycles. The van der Waals surface area contributed by atoms with Crippen molar-refractivity contribution in [2.45, 2.75) is 44.8 Å². The summed E-state index contributed by atoms with van der Waals surface area (Å²) in [5.41, 5.74) is 3.52. The number of rotatable bonds is 6. The van der Waals surface area contributed by atoms with Crippen LogP contribution in [0.5, 0.6) is 5.75 Å². The maximum absolute atomic E-state index is 13.6. The van der Waals surface area contributed by atoms with Crippen molar-refractivity contribution >= 4 is 28.9 Å². The second-order valence-corrected chi connectivity index (χ2v) is 9.61. The zero-order valence-corrected chi connectivity index (χ0v) is 19.9. The number of phenols is 1. The lowest BCUT2D eigenvalue weighted by Gasteiger charge is -2.46. The number of Topliss-reactive ketones (excluding diaryl/α,β-unsaturated/α-hetero) is 2. The van der Waals surface area contributed by atoms with E-state index < -0.39 is 52.0 Å². The van der Waals surface area contributed by atoms with Gasteiger partial charge in [-0.05, 0) is 36.8 Å². The average Bonchev–Trinajstić information content (AvgIpc) is 2.77. The molecule has 4 rings (SSSR count). The van der Waals surface area contributed by atoms with E-state index in [1.165, 1.54) is 0 Å². The molecule has 10 heteroatoms. The molecule has 0 unspecified atom stereocenters. The van der Waals surface area contributed by atoms with Crippen LogP contribution in [-0.4, -0.2) is 64.2 Å². The highest BCUT2D eigenvalue weighted by Gasteiger charge is 2.60. The fourth-order valence-corrected chi connectivity index (χ4v) is 5.56. The molecular weight excluding hydrogens is 456 g/mol. The van der Waals surface area contributed by atoms with E-state index in [0.29, 0.717) is 17.7 Å². The topological polar surface area (TPSA) is 171 Å². The van der Waals surface area contributed by atoms with Gasteiger partial charge in [-0.15, -0.1) is 0 Å². The summed E-state index contributed by atoms with van der Waals surface area (Å²) in [6.07, 6.45) is 0.787. The number of benzene rings is 1. The Kier molecular flexibility index (Phi) is 6.14. The van der Waals surface area contributed by atoms with E-state index in [0.717, 1.165) is 12.1 Å². The summed E-state index contributed by atoms with van der Waals surface area (Å²) in [5.74, 6) is -6.38. The Bertz CT molecular complexity index is 1200. The van der Waals surface area contributed by atoms with Crippen LogP contribution in [0.3, 0.4) is 0 Å². The molecule has 3 atom stereocenters. The molecule has 1 aromatic carbocycles. The molecule has 0 aliphatic heterocycles. The number of carbonyl (C=O) groups excluding carboxylic acids is 3. The minimum Gasteiger partial charge on any atom is -0.508 e. The molecular formula is C25H30N2O8. The van der Waals surface area contributed by atoms with E-state index in [1.54, 1.807) is 6.07 Å². The summed E-state index contributed by atoms with van der Waals surface area (Å²) < 4.78 is 5.59. The van der Waals surface area contributed by atoms with E-state index in [9.17, 15) is 34.8 Å². The lowest BCUT2D eigenvalue weighted by Crippen LogP contribution is -2.58. The van der Waals surface area contributed by atoms with Crippen LogP contribution in [-0.2, 0) is 32.1 Å². The second-order valence-electron chi connectivity index (χ2n) is 9.61. The van der Waals surface area contributed by atoms with Gasteiger partial charge in [-0.25, -0.2) is 0 Å². The Morgan fingerprint density at radius 3 is 2.51 bits per heavy atom. The van der Waals surface area contributed by atoms with Crippen molar-refractivity contribution in [1.29, 1.82) is 0 Å². The van der Waals surface area contributed by atoms with Gasteiger partial charge < -0.3 is 35.8 Å². The Balaban J connectivity index is 1.91. The number of ketones is 2. The van der Waals surface area contributed by atoms with Crippen molar-refractivity contribution in [3.05, 3.63) is 39.7 Å². The van der Waals surface area contributed by atoms with Crippen LogP contribution in [0.15, 0.2) is 23.0 Å². The van der Waals surface area contributed by atoms with Crippen molar-refractivity contribution in [2.24, 2.45) is 17.6 Å². The molecule has 1 amide bonds. The van der Waals surface area contributed by atoms with Gasteiger partial charge in [-0.1, -0.05) is 6.92 Å². The third kappa shape index (κ3) is 3.59. The molecule has 1 fully saturated rings.